The minimum atomic E-state index is -0.0308. The summed E-state index contributed by atoms with van der Waals surface area (Å²) < 4.78 is 1.95. The topological polar surface area (TPSA) is 66.8 Å². The Hall–Kier alpha value is -2.11. The first-order valence-electron chi connectivity index (χ1n) is 6.48. The van der Waals surface area contributed by atoms with Crippen LogP contribution in [-0.4, -0.2) is 32.9 Å². The second-order valence-corrected chi connectivity index (χ2v) is 5.15. The number of aromatic amines is 1. The molecule has 19 heavy (non-hydrogen) atoms. The van der Waals surface area contributed by atoms with Crippen molar-refractivity contribution >= 4 is 11.6 Å². The van der Waals surface area contributed by atoms with Crippen LogP contribution in [-0.2, 0) is 13.0 Å². The van der Waals surface area contributed by atoms with Crippen LogP contribution in [0.15, 0.2) is 18.6 Å². The van der Waals surface area contributed by atoms with Crippen LogP contribution in [0.25, 0.3) is 0 Å². The fourth-order valence-corrected chi connectivity index (χ4v) is 2.50. The first kappa shape index (κ1) is 12.0. The zero-order valence-corrected chi connectivity index (χ0v) is 11.1. The maximum absolute atomic E-state index is 12.5. The van der Waals surface area contributed by atoms with Crippen LogP contribution < -0.4 is 4.90 Å². The normalized spacial score (nSPS) is 18.1. The molecule has 6 nitrogen and oxygen atoms in total. The monoisotopic (exact) mass is 259 g/mol. The molecule has 1 aliphatic rings. The number of amides is 1. The van der Waals surface area contributed by atoms with Crippen molar-refractivity contribution in [1.29, 1.82) is 0 Å². The third kappa shape index (κ3) is 2.03. The molecule has 1 unspecified atom stereocenters. The van der Waals surface area contributed by atoms with E-state index < -0.39 is 0 Å². The average molecular weight is 259 g/mol. The predicted octanol–water partition coefficient (Wildman–Crippen LogP) is 1.47. The van der Waals surface area contributed by atoms with E-state index in [2.05, 4.69) is 22.2 Å². The first-order valence-corrected chi connectivity index (χ1v) is 6.48. The number of H-pyrrole nitrogens is 1. The molecular formula is C13H17N5O. The van der Waals surface area contributed by atoms with Gasteiger partial charge in [-0.1, -0.05) is 6.92 Å². The van der Waals surface area contributed by atoms with Crippen LogP contribution in [0.2, 0.25) is 0 Å². The highest BCUT2D eigenvalue weighted by Gasteiger charge is 2.25. The molecule has 0 aliphatic carbocycles. The number of hydrogen-bond donors (Lipinski definition) is 1. The van der Waals surface area contributed by atoms with E-state index in [0.29, 0.717) is 11.5 Å². The Bertz CT molecular complexity index is 586. The van der Waals surface area contributed by atoms with Crippen LogP contribution in [0, 0.1) is 5.92 Å². The van der Waals surface area contributed by atoms with Crippen molar-refractivity contribution in [3.63, 3.8) is 0 Å². The second-order valence-electron chi connectivity index (χ2n) is 5.15. The molecule has 1 aliphatic heterocycles. The zero-order valence-electron chi connectivity index (χ0n) is 11.1. The largest absolute Gasteiger partial charge is 0.308 e. The van der Waals surface area contributed by atoms with Gasteiger partial charge in [0.05, 0.1) is 29.3 Å². The van der Waals surface area contributed by atoms with Gasteiger partial charge in [0.25, 0.3) is 5.91 Å². The number of aromatic nitrogens is 4. The van der Waals surface area contributed by atoms with Gasteiger partial charge in [-0.25, -0.2) is 0 Å². The fraction of sp³-hybridized carbons (Fsp3) is 0.462. The third-order valence-corrected chi connectivity index (χ3v) is 3.73. The summed E-state index contributed by atoms with van der Waals surface area (Å²) >= 11 is 0. The van der Waals surface area contributed by atoms with Crippen LogP contribution >= 0.6 is 0 Å². The summed E-state index contributed by atoms with van der Waals surface area (Å²) in [6.45, 7) is 3.11. The summed E-state index contributed by atoms with van der Waals surface area (Å²) in [4.78, 5) is 14.1. The molecule has 2 aromatic rings. The molecule has 0 saturated heterocycles. The Morgan fingerprint density at radius 1 is 1.53 bits per heavy atom. The lowest BCUT2D eigenvalue weighted by molar-refractivity contribution is 0.0991. The number of rotatable bonds is 2. The molecule has 0 fully saturated rings. The van der Waals surface area contributed by atoms with Crippen LogP contribution in [0.4, 0.5) is 5.69 Å². The summed E-state index contributed by atoms with van der Waals surface area (Å²) in [6, 6.07) is 0. The molecule has 1 N–H and O–H groups in total. The molecule has 0 radical (unpaired) electrons. The van der Waals surface area contributed by atoms with E-state index in [-0.39, 0.29) is 5.91 Å². The average Bonchev–Trinajstić information content (AvgIpc) is 3.05. The number of anilines is 1. The van der Waals surface area contributed by atoms with Crippen molar-refractivity contribution in [3.05, 3.63) is 29.8 Å². The number of aryl methyl sites for hydroxylation is 1. The highest BCUT2D eigenvalue weighted by Crippen LogP contribution is 2.24. The molecule has 3 rings (SSSR count). The fourth-order valence-electron chi connectivity index (χ4n) is 2.50. The Morgan fingerprint density at radius 2 is 2.37 bits per heavy atom. The van der Waals surface area contributed by atoms with Gasteiger partial charge >= 0.3 is 0 Å². The quantitative estimate of drug-likeness (QED) is 0.888. The summed E-state index contributed by atoms with van der Waals surface area (Å²) in [7, 11) is 1.75. The number of nitrogens with zero attached hydrogens (tertiary/aromatic N) is 4. The van der Waals surface area contributed by atoms with Crippen molar-refractivity contribution in [3.8, 4) is 0 Å². The number of nitrogens with one attached hydrogen (secondary N) is 1. The van der Waals surface area contributed by atoms with Gasteiger partial charge < -0.3 is 4.90 Å². The Morgan fingerprint density at radius 3 is 3.11 bits per heavy atom. The highest BCUT2D eigenvalue weighted by molar-refractivity contribution is 6.06. The maximum Gasteiger partial charge on any atom is 0.261 e. The van der Waals surface area contributed by atoms with Gasteiger partial charge in [-0.2, -0.15) is 10.2 Å². The predicted molar refractivity (Wildman–Crippen MR) is 71.0 cm³/mol. The molecule has 0 bridgehead atoms. The maximum atomic E-state index is 12.5. The molecular weight excluding hydrogens is 242 g/mol. The highest BCUT2D eigenvalue weighted by atomic mass is 16.2. The van der Waals surface area contributed by atoms with Gasteiger partial charge in [0.2, 0.25) is 0 Å². The van der Waals surface area contributed by atoms with Crippen molar-refractivity contribution in [2.75, 3.05) is 11.9 Å². The van der Waals surface area contributed by atoms with Gasteiger partial charge in [0.1, 0.15) is 0 Å². The molecule has 0 aromatic carbocycles. The summed E-state index contributed by atoms with van der Waals surface area (Å²) in [5.74, 6) is 0.576. The number of carbonyl (C=O) groups excluding carboxylic acids is 1. The van der Waals surface area contributed by atoms with Crippen molar-refractivity contribution < 1.29 is 4.79 Å². The van der Waals surface area contributed by atoms with Gasteiger partial charge in [0.15, 0.2) is 0 Å². The van der Waals surface area contributed by atoms with Gasteiger partial charge in [0, 0.05) is 19.8 Å². The number of hydrogen-bond acceptors (Lipinski definition) is 3. The van der Waals surface area contributed by atoms with E-state index in [4.69, 9.17) is 0 Å². The van der Waals surface area contributed by atoms with Gasteiger partial charge in [-0.15, -0.1) is 0 Å². The van der Waals surface area contributed by atoms with Crippen molar-refractivity contribution in [1.82, 2.24) is 20.0 Å². The summed E-state index contributed by atoms with van der Waals surface area (Å²) in [5.41, 5.74) is 2.52. The standard InChI is InChI=1S/C13H17N5O/c1-9-3-4-18-12(5-9)11(8-16-18)13(19)17(2)10-6-14-15-7-10/h6-9H,3-5H2,1-2H3,(H,14,15). The van der Waals surface area contributed by atoms with E-state index >= 15 is 0 Å². The lowest BCUT2D eigenvalue weighted by atomic mass is 9.96. The van der Waals surface area contributed by atoms with Crippen LogP contribution in [0.3, 0.4) is 0 Å². The molecule has 0 spiro atoms. The molecule has 100 valence electrons. The van der Waals surface area contributed by atoms with Gasteiger partial charge in [-0.3, -0.25) is 14.6 Å². The smallest absolute Gasteiger partial charge is 0.261 e. The molecule has 1 atom stereocenters. The molecule has 3 heterocycles. The lowest BCUT2D eigenvalue weighted by Crippen LogP contribution is -2.28. The molecule has 6 heteroatoms. The first-order chi connectivity index (χ1) is 9.16. The van der Waals surface area contributed by atoms with E-state index in [1.54, 1.807) is 30.5 Å². The lowest BCUT2D eigenvalue weighted by Gasteiger charge is -2.21. The minimum absolute atomic E-state index is 0.0308. The van der Waals surface area contributed by atoms with E-state index in [1.165, 1.54) is 0 Å². The summed E-state index contributed by atoms with van der Waals surface area (Å²) in [6.07, 6.45) is 7.07. The minimum Gasteiger partial charge on any atom is -0.308 e. The molecule has 1 amide bonds. The van der Waals surface area contributed by atoms with Crippen molar-refractivity contribution in [2.45, 2.75) is 26.3 Å². The zero-order chi connectivity index (χ0) is 13.4. The molecule has 0 saturated carbocycles. The van der Waals surface area contributed by atoms with E-state index in [1.807, 2.05) is 4.68 Å². The SMILES string of the molecule is CC1CCn2ncc(C(=O)N(C)c3cn[nH]c3)c2C1. The Labute approximate surface area is 111 Å². The van der Waals surface area contributed by atoms with E-state index in [9.17, 15) is 4.79 Å². The third-order valence-electron chi connectivity index (χ3n) is 3.73. The van der Waals surface area contributed by atoms with Crippen molar-refractivity contribution in [2.24, 2.45) is 5.92 Å². The second kappa shape index (κ2) is 4.53. The van der Waals surface area contributed by atoms with Crippen LogP contribution in [0.5, 0.6) is 0 Å². The Balaban J connectivity index is 1.90. The number of carbonyl (C=O) groups is 1. The number of fused-ring (bicyclic) bond motifs is 1. The van der Waals surface area contributed by atoms with Crippen LogP contribution in [0.1, 0.15) is 29.4 Å². The summed E-state index contributed by atoms with van der Waals surface area (Å²) in [5, 5.41) is 10.9. The van der Waals surface area contributed by atoms with Gasteiger partial charge in [-0.05, 0) is 18.8 Å². The molecule has 2 aromatic heterocycles. The van der Waals surface area contributed by atoms with E-state index in [0.717, 1.165) is 30.8 Å². The Kier molecular flexibility index (Phi) is 2.85.